The Kier molecular flexibility index (Phi) is 4.81. The molecular formula is C18H21NO6S. The molecule has 1 aromatic carbocycles. The number of aromatic nitrogens is 1. The van der Waals surface area contributed by atoms with Crippen molar-refractivity contribution in [1.82, 2.24) is 4.57 Å². The summed E-state index contributed by atoms with van der Waals surface area (Å²) >= 11 is 0. The van der Waals surface area contributed by atoms with E-state index in [-0.39, 0.29) is 23.2 Å². The number of methoxy groups -OCH3 is 1. The van der Waals surface area contributed by atoms with E-state index >= 15 is 0 Å². The summed E-state index contributed by atoms with van der Waals surface area (Å²) in [5.74, 6) is 0.811. The van der Waals surface area contributed by atoms with Crippen molar-refractivity contribution in [3.05, 3.63) is 40.3 Å². The molecule has 8 heteroatoms. The lowest BCUT2D eigenvalue weighted by atomic mass is 10.0. The summed E-state index contributed by atoms with van der Waals surface area (Å²) in [6, 6.07) is 4.73. The Morgan fingerprint density at radius 3 is 2.65 bits per heavy atom. The second-order valence-electron chi connectivity index (χ2n) is 6.40. The number of hydrogen-bond donors (Lipinski definition) is 0. The molecular weight excluding hydrogens is 358 g/mol. The first-order valence-corrected chi connectivity index (χ1v) is 9.94. The van der Waals surface area contributed by atoms with Crippen molar-refractivity contribution in [3.8, 4) is 22.6 Å². The summed E-state index contributed by atoms with van der Waals surface area (Å²) in [5, 5.41) is 0. The van der Waals surface area contributed by atoms with Crippen LogP contribution in [0.4, 0.5) is 0 Å². The van der Waals surface area contributed by atoms with Crippen LogP contribution >= 0.6 is 0 Å². The minimum absolute atomic E-state index is 0.112. The maximum Gasteiger partial charge on any atom is 0.253 e. The number of sulfone groups is 1. The standard InChI is InChI=1S/C18H21NO6S/c1-11-5-12(8-19(2)18(11)20)15-6-14(26(4,21)22)7-16-17(15)24-10-13(25-16)9-23-3/h5-8,13H,9-10H2,1-4H3. The van der Waals surface area contributed by atoms with E-state index in [9.17, 15) is 13.2 Å². The van der Waals surface area contributed by atoms with E-state index < -0.39 is 9.84 Å². The van der Waals surface area contributed by atoms with Crippen molar-refractivity contribution in [1.29, 1.82) is 0 Å². The van der Waals surface area contributed by atoms with Crippen molar-refractivity contribution < 1.29 is 22.6 Å². The van der Waals surface area contributed by atoms with E-state index in [1.807, 2.05) is 0 Å². The summed E-state index contributed by atoms with van der Waals surface area (Å²) < 4.78 is 42.5. The molecule has 0 spiro atoms. The first kappa shape index (κ1) is 18.5. The summed E-state index contributed by atoms with van der Waals surface area (Å²) in [6.07, 6.45) is 2.47. The predicted octanol–water partition coefficient (Wildman–Crippen LogP) is 1.55. The first-order valence-electron chi connectivity index (χ1n) is 8.05. The quantitative estimate of drug-likeness (QED) is 0.801. The molecule has 1 aliphatic rings. The van der Waals surface area contributed by atoms with Gasteiger partial charge in [-0.1, -0.05) is 0 Å². The van der Waals surface area contributed by atoms with Gasteiger partial charge >= 0.3 is 0 Å². The largest absolute Gasteiger partial charge is 0.485 e. The number of benzene rings is 1. The van der Waals surface area contributed by atoms with Crippen LogP contribution in [0, 0.1) is 6.92 Å². The summed E-state index contributed by atoms with van der Waals surface area (Å²) in [4.78, 5) is 12.1. The van der Waals surface area contributed by atoms with Crippen LogP contribution < -0.4 is 15.0 Å². The maximum absolute atomic E-state index is 12.1. The van der Waals surface area contributed by atoms with E-state index in [1.54, 1.807) is 39.4 Å². The van der Waals surface area contributed by atoms with Gasteiger partial charge in [0, 0.05) is 49.4 Å². The molecule has 1 aromatic heterocycles. The molecule has 7 nitrogen and oxygen atoms in total. The van der Waals surface area contributed by atoms with Crippen molar-refractivity contribution in [2.24, 2.45) is 7.05 Å². The van der Waals surface area contributed by atoms with Gasteiger partial charge < -0.3 is 18.8 Å². The monoisotopic (exact) mass is 379 g/mol. The number of fused-ring (bicyclic) bond motifs is 1. The molecule has 26 heavy (non-hydrogen) atoms. The number of aryl methyl sites for hydroxylation is 2. The highest BCUT2D eigenvalue weighted by Crippen LogP contribution is 2.43. The molecule has 1 aliphatic heterocycles. The Morgan fingerprint density at radius 2 is 2.04 bits per heavy atom. The van der Waals surface area contributed by atoms with Crippen LogP contribution in [0.3, 0.4) is 0 Å². The zero-order valence-corrected chi connectivity index (χ0v) is 15.9. The maximum atomic E-state index is 12.1. The number of rotatable bonds is 4. The van der Waals surface area contributed by atoms with Crippen LogP contribution in [0.25, 0.3) is 11.1 Å². The van der Waals surface area contributed by atoms with Crippen molar-refractivity contribution in [3.63, 3.8) is 0 Å². The lowest BCUT2D eigenvalue weighted by molar-refractivity contribution is 0.0273. The molecule has 2 heterocycles. The van der Waals surface area contributed by atoms with E-state index in [2.05, 4.69) is 0 Å². The van der Waals surface area contributed by atoms with E-state index in [0.29, 0.717) is 34.8 Å². The zero-order valence-electron chi connectivity index (χ0n) is 15.1. The third-order valence-corrected chi connectivity index (χ3v) is 5.28. The average molecular weight is 379 g/mol. The van der Waals surface area contributed by atoms with Crippen LogP contribution in [0.15, 0.2) is 34.1 Å². The third-order valence-electron chi connectivity index (χ3n) is 4.19. The van der Waals surface area contributed by atoms with Gasteiger partial charge in [0.2, 0.25) is 0 Å². The molecule has 140 valence electrons. The van der Waals surface area contributed by atoms with Gasteiger partial charge in [-0.25, -0.2) is 8.42 Å². The summed E-state index contributed by atoms with van der Waals surface area (Å²) in [5.41, 5.74) is 1.69. The van der Waals surface area contributed by atoms with Gasteiger partial charge in [0.1, 0.15) is 6.61 Å². The third kappa shape index (κ3) is 3.47. The molecule has 2 aromatic rings. The van der Waals surface area contributed by atoms with Crippen molar-refractivity contribution in [2.75, 3.05) is 26.6 Å². The molecule has 0 saturated heterocycles. The average Bonchev–Trinajstić information content (AvgIpc) is 2.57. The molecule has 0 amide bonds. The Morgan fingerprint density at radius 1 is 1.31 bits per heavy atom. The smallest absolute Gasteiger partial charge is 0.253 e. The van der Waals surface area contributed by atoms with Gasteiger partial charge in [0.25, 0.3) is 5.56 Å². The van der Waals surface area contributed by atoms with Crippen molar-refractivity contribution in [2.45, 2.75) is 17.9 Å². The number of ether oxygens (including phenoxy) is 3. The molecule has 0 saturated carbocycles. The van der Waals surface area contributed by atoms with Crippen LogP contribution in [0.1, 0.15) is 5.56 Å². The number of hydrogen-bond acceptors (Lipinski definition) is 6. The van der Waals surface area contributed by atoms with Crippen molar-refractivity contribution >= 4 is 9.84 Å². The van der Waals surface area contributed by atoms with Gasteiger partial charge in [-0.15, -0.1) is 0 Å². The molecule has 0 bridgehead atoms. The van der Waals surface area contributed by atoms with Gasteiger partial charge in [-0.3, -0.25) is 4.79 Å². The first-order chi connectivity index (χ1) is 12.2. The van der Waals surface area contributed by atoms with Gasteiger partial charge in [0.05, 0.1) is 11.5 Å². The predicted molar refractivity (Wildman–Crippen MR) is 96.8 cm³/mol. The van der Waals surface area contributed by atoms with Crippen LogP contribution in [-0.2, 0) is 21.6 Å². The van der Waals surface area contributed by atoms with Gasteiger partial charge in [0.15, 0.2) is 27.4 Å². The lowest BCUT2D eigenvalue weighted by Crippen LogP contribution is -2.33. The molecule has 1 unspecified atom stereocenters. The Labute approximate surface area is 152 Å². The van der Waals surface area contributed by atoms with Crippen LogP contribution in [-0.4, -0.2) is 45.7 Å². The summed E-state index contributed by atoms with van der Waals surface area (Å²) in [7, 11) is -0.250. The van der Waals surface area contributed by atoms with Crippen LogP contribution in [0.2, 0.25) is 0 Å². The zero-order chi connectivity index (χ0) is 19.1. The van der Waals surface area contributed by atoms with E-state index in [0.717, 1.165) is 6.26 Å². The fourth-order valence-electron chi connectivity index (χ4n) is 2.92. The molecule has 1 atom stereocenters. The summed E-state index contributed by atoms with van der Waals surface area (Å²) in [6.45, 7) is 2.33. The Balaban J connectivity index is 2.22. The Hall–Kier alpha value is -2.32. The normalized spacial score (nSPS) is 16.5. The number of nitrogens with zero attached hydrogens (tertiary/aromatic N) is 1. The fourth-order valence-corrected chi connectivity index (χ4v) is 3.58. The SMILES string of the molecule is COCC1COc2c(cc(S(C)(=O)=O)cc2-c2cc(C)c(=O)n(C)c2)O1. The highest BCUT2D eigenvalue weighted by atomic mass is 32.2. The molecule has 0 N–H and O–H groups in total. The fraction of sp³-hybridized carbons (Fsp3) is 0.389. The highest BCUT2D eigenvalue weighted by molar-refractivity contribution is 7.90. The van der Waals surface area contributed by atoms with E-state index in [1.165, 1.54) is 10.6 Å². The Bertz CT molecular complexity index is 983. The van der Waals surface area contributed by atoms with Gasteiger partial charge in [-0.05, 0) is 19.1 Å². The van der Waals surface area contributed by atoms with E-state index in [4.69, 9.17) is 14.2 Å². The minimum Gasteiger partial charge on any atom is -0.485 e. The highest BCUT2D eigenvalue weighted by Gasteiger charge is 2.27. The second-order valence-corrected chi connectivity index (χ2v) is 8.42. The lowest BCUT2D eigenvalue weighted by Gasteiger charge is -2.28. The topological polar surface area (TPSA) is 83.8 Å². The molecule has 3 rings (SSSR count). The van der Waals surface area contributed by atoms with Crippen LogP contribution in [0.5, 0.6) is 11.5 Å². The number of pyridine rings is 1. The molecule has 0 aliphatic carbocycles. The molecule has 0 fully saturated rings. The van der Waals surface area contributed by atoms with Gasteiger partial charge in [-0.2, -0.15) is 0 Å². The second kappa shape index (κ2) is 6.77. The molecule has 0 radical (unpaired) electrons. The minimum atomic E-state index is -3.46.